The van der Waals surface area contributed by atoms with Crippen LogP contribution in [0.2, 0.25) is 5.02 Å². The number of hydrogen-bond acceptors (Lipinski definition) is 5. The first-order chi connectivity index (χ1) is 11.7. The zero-order chi connectivity index (χ0) is 16.9. The molecule has 1 N–H and O–H groups in total. The van der Waals surface area contributed by atoms with E-state index >= 15 is 0 Å². The smallest absolute Gasteiger partial charge is 0.132 e. The van der Waals surface area contributed by atoms with Crippen LogP contribution in [0.3, 0.4) is 0 Å². The van der Waals surface area contributed by atoms with Crippen molar-refractivity contribution in [3.8, 4) is 5.75 Å². The third-order valence-corrected chi connectivity index (χ3v) is 4.55. The van der Waals surface area contributed by atoms with Crippen molar-refractivity contribution < 1.29 is 9.84 Å². The Morgan fingerprint density at radius 2 is 2.00 bits per heavy atom. The van der Waals surface area contributed by atoms with Crippen LogP contribution < -0.4 is 9.64 Å². The van der Waals surface area contributed by atoms with Crippen molar-refractivity contribution in [3.05, 3.63) is 53.2 Å². The summed E-state index contributed by atoms with van der Waals surface area (Å²) < 4.78 is 5.26. The Kier molecular flexibility index (Phi) is 5.56. The second-order valence-electron chi connectivity index (χ2n) is 5.91. The summed E-state index contributed by atoms with van der Waals surface area (Å²) in [7, 11) is 1.66. The minimum atomic E-state index is -0.523. The van der Waals surface area contributed by atoms with Gasteiger partial charge in [0.05, 0.1) is 13.2 Å². The number of methoxy groups -OCH3 is 1. The minimum Gasteiger partial charge on any atom is -0.497 e. The van der Waals surface area contributed by atoms with Gasteiger partial charge in [-0.1, -0.05) is 23.7 Å². The van der Waals surface area contributed by atoms with E-state index in [4.69, 9.17) is 16.3 Å². The standard InChI is InChI=1S/C18H22ClN3O2/c1-24-16-5-6-20-18(12-16)22-9-7-21(8-10-22)13-17(23)14-3-2-4-15(19)11-14/h2-6,11-12,17,23H,7-10,13H2,1H3. The molecule has 0 bridgehead atoms. The summed E-state index contributed by atoms with van der Waals surface area (Å²) >= 11 is 5.99. The van der Waals surface area contributed by atoms with Crippen LogP contribution in [0.4, 0.5) is 5.82 Å². The van der Waals surface area contributed by atoms with Gasteiger partial charge in [0.1, 0.15) is 11.6 Å². The molecule has 0 saturated carbocycles. The molecule has 0 amide bonds. The van der Waals surface area contributed by atoms with Gasteiger partial charge in [0.15, 0.2) is 0 Å². The first kappa shape index (κ1) is 17.0. The third-order valence-electron chi connectivity index (χ3n) is 4.31. The van der Waals surface area contributed by atoms with Gasteiger partial charge >= 0.3 is 0 Å². The minimum absolute atomic E-state index is 0.523. The Hall–Kier alpha value is -1.82. The van der Waals surface area contributed by atoms with Crippen LogP contribution in [0.25, 0.3) is 0 Å². The largest absolute Gasteiger partial charge is 0.497 e. The van der Waals surface area contributed by atoms with E-state index in [0.717, 1.165) is 43.3 Å². The lowest BCUT2D eigenvalue weighted by Crippen LogP contribution is -2.47. The number of benzene rings is 1. The molecule has 0 spiro atoms. The van der Waals surface area contributed by atoms with E-state index in [1.54, 1.807) is 13.3 Å². The Labute approximate surface area is 147 Å². The van der Waals surface area contributed by atoms with E-state index in [0.29, 0.717) is 11.6 Å². The van der Waals surface area contributed by atoms with Gasteiger partial charge in [-0.2, -0.15) is 0 Å². The molecule has 1 saturated heterocycles. The highest BCUT2D eigenvalue weighted by molar-refractivity contribution is 6.30. The third kappa shape index (κ3) is 4.17. The molecule has 1 unspecified atom stereocenters. The predicted molar refractivity (Wildman–Crippen MR) is 95.9 cm³/mol. The highest BCUT2D eigenvalue weighted by atomic mass is 35.5. The zero-order valence-electron chi connectivity index (χ0n) is 13.7. The topological polar surface area (TPSA) is 48.8 Å². The highest BCUT2D eigenvalue weighted by Crippen LogP contribution is 2.22. The molecular weight excluding hydrogens is 326 g/mol. The van der Waals surface area contributed by atoms with Crippen LogP contribution in [-0.2, 0) is 0 Å². The fourth-order valence-electron chi connectivity index (χ4n) is 2.92. The van der Waals surface area contributed by atoms with E-state index in [2.05, 4.69) is 14.8 Å². The molecule has 2 aromatic rings. The summed E-state index contributed by atoms with van der Waals surface area (Å²) in [5.74, 6) is 1.75. The number of piperazine rings is 1. The quantitative estimate of drug-likeness (QED) is 0.901. The monoisotopic (exact) mass is 347 g/mol. The second-order valence-corrected chi connectivity index (χ2v) is 6.35. The zero-order valence-corrected chi connectivity index (χ0v) is 14.5. The van der Waals surface area contributed by atoms with Gasteiger partial charge in [-0.3, -0.25) is 4.90 Å². The van der Waals surface area contributed by atoms with Crippen molar-refractivity contribution in [1.82, 2.24) is 9.88 Å². The van der Waals surface area contributed by atoms with E-state index in [1.807, 2.05) is 36.4 Å². The van der Waals surface area contributed by atoms with E-state index in [9.17, 15) is 5.11 Å². The van der Waals surface area contributed by atoms with E-state index in [-0.39, 0.29) is 0 Å². The summed E-state index contributed by atoms with van der Waals surface area (Å²) in [4.78, 5) is 8.92. The van der Waals surface area contributed by atoms with Gasteiger partial charge in [-0.15, -0.1) is 0 Å². The number of ether oxygens (including phenoxy) is 1. The molecular formula is C18H22ClN3O2. The molecule has 2 heterocycles. The Balaban J connectivity index is 1.55. The number of hydrogen-bond donors (Lipinski definition) is 1. The van der Waals surface area contributed by atoms with Crippen molar-refractivity contribution in [2.75, 3.05) is 44.7 Å². The maximum Gasteiger partial charge on any atom is 0.132 e. The van der Waals surface area contributed by atoms with Crippen LogP contribution in [0.15, 0.2) is 42.6 Å². The maximum atomic E-state index is 10.4. The van der Waals surface area contributed by atoms with Gasteiger partial charge in [0, 0.05) is 50.0 Å². The number of aliphatic hydroxyl groups is 1. The second kappa shape index (κ2) is 7.83. The maximum absolute atomic E-state index is 10.4. The number of aliphatic hydroxyl groups excluding tert-OH is 1. The Bertz CT molecular complexity index is 675. The SMILES string of the molecule is COc1ccnc(N2CCN(CC(O)c3cccc(Cl)c3)CC2)c1. The highest BCUT2D eigenvalue weighted by Gasteiger charge is 2.21. The normalized spacial score (nSPS) is 16.9. The van der Waals surface area contributed by atoms with Gasteiger partial charge in [-0.25, -0.2) is 4.98 Å². The molecule has 1 aromatic carbocycles. The number of rotatable bonds is 5. The lowest BCUT2D eigenvalue weighted by Gasteiger charge is -2.36. The number of aromatic nitrogens is 1. The molecule has 3 rings (SSSR count). The van der Waals surface area contributed by atoms with E-state index < -0.39 is 6.10 Å². The van der Waals surface area contributed by atoms with Gasteiger partial charge in [0.2, 0.25) is 0 Å². The van der Waals surface area contributed by atoms with Crippen LogP contribution in [0.5, 0.6) is 5.75 Å². The van der Waals surface area contributed by atoms with Crippen LogP contribution in [0.1, 0.15) is 11.7 Å². The summed E-state index contributed by atoms with van der Waals surface area (Å²) in [5, 5.41) is 11.1. The number of halogens is 1. The summed E-state index contributed by atoms with van der Waals surface area (Å²) in [5.41, 5.74) is 0.861. The van der Waals surface area contributed by atoms with Gasteiger partial charge < -0.3 is 14.7 Å². The number of nitrogens with zero attached hydrogens (tertiary/aromatic N) is 3. The first-order valence-corrected chi connectivity index (χ1v) is 8.44. The van der Waals surface area contributed by atoms with Crippen molar-refractivity contribution >= 4 is 17.4 Å². The predicted octanol–water partition coefficient (Wildman–Crippen LogP) is 2.60. The summed E-state index contributed by atoms with van der Waals surface area (Å²) in [6.07, 6.45) is 1.24. The molecule has 5 nitrogen and oxygen atoms in total. The molecule has 1 aliphatic rings. The molecule has 0 aliphatic carbocycles. The average Bonchev–Trinajstić information content (AvgIpc) is 2.62. The van der Waals surface area contributed by atoms with Gasteiger partial charge in [0.25, 0.3) is 0 Å². The fraction of sp³-hybridized carbons (Fsp3) is 0.389. The number of pyridine rings is 1. The molecule has 6 heteroatoms. The molecule has 0 radical (unpaired) electrons. The van der Waals surface area contributed by atoms with Crippen molar-refractivity contribution in [1.29, 1.82) is 0 Å². The summed E-state index contributed by atoms with van der Waals surface area (Å²) in [6.45, 7) is 4.14. The molecule has 1 aromatic heterocycles. The van der Waals surface area contributed by atoms with Crippen molar-refractivity contribution in [2.24, 2.45) is 0 Å². The molecule has 1 aliphatic heterocycles. The van der Waals surface area contributed by atoms with Crippen molar-refractivity contribution in [3.63, 3.8) is 0 Å². The van der Waals surface area contributed by atoms with Crippen LogP contribution in [0, 0.1) is 0 Å². The Morgan fingerprint density at radius 3 is 2.71 bits per heavy atom. The van der Waals surface area contributed by atoms with Crippen LogP contribution in [-0.4, -0.2) is 54.8 Å². The lowest BCUT2D eigenvalue weighted by molar-refractivity contribution is 0.109. The molecule has 1 atom stereocenters. The molecule has 1 fully saturated rings. The summed E-state index contributed by atoms with van der Waals surface area (Å²) in [6, 6.07) is 11.2. The van der Waals surface area contributed by atoms with Gasteiger partial charge in [-0.05, 0) is 23.8 Å². The van der Waals surface area contributed by atoms with Crippen molar-refractivity contribution in [2.45, 2.75) is 6.10 Å². The van der Waals surface area contributed by atoms with Crippen LogP contribution >= 0.6 is 11.6 Å². The lowest BCUT2D eigenvalue weighted by atomic mass is 10.1. The van der Waals surface area contributed by atoms with E-state index in [1.165, 1.54) is 0 Å². The Morgan fingerprint density at radius 1 is 1.21 bits per heavy atom. The fourth-order valence-corrected chi connectivity index (χ4v) is 3.12. The average molecular weight is 348 g/mol. The molecule has 128 valence electrons. The molecule has 24 heavy (non-hydrogen) atoms. The number of β-amino-alcohol motifs (C(OH)–C–C–N with tert-alkyl or cyclic N) is 1. The number of anilines is 1. The first-order valence-electron chi connectivity index (χ1n) is 8.06.